The number of aromatic nitrogens is 2. The predicted octanol–water partition coefficient (Wildman–Crippen LogP) is 2.17. The van der Waals surface area contributed by atoms with Crippen molar-refractivity contribution in [2.45, 2.75) is 0 Å². The van der Waals surface area contributed by atoms with E-state index in [9.17, 15) is 0 Å². The molecule has 84 valence electrons. The van der Waals surface area contributed by atoms with Gasteiger partial charge in [0.05, 0.1) is 20.4 Å². The van der Waals surface area contributed by atoms with Gasteiger partial charge in [0.25, 0.3) is 0 Å². The molecule has 0 atom stereocenters. The number of ether oxygens (including phenoxy) is 2. The third-order valence-corrected chi connectivity index (χ3v) is 2.13. The maximum Gasteiger partial charge on any atom is 0.125 e. The van der Waals surface area contributed by atoms with Crippen LogP contribution < -0.4 is 14.8 Å². The van der Waals surface area contributed by atoms with Gasteiger partial charge in [0.15, 0.2) is 0 Å². The number of hydrogen-bond acceptors (Lipinski definition) is 4. The Bertz CT molecular complexity index is 432. The van der Waals surface area contributed by atoms with Crippen LogP contribution in [0.5, 0.6) is 11.5 Å². The largest absolute Gasteiger partial charge is 0.497 e. The van der Waals surface area contributed by atoms with Crippen molar-refractivity contribution < 1.29 is 9.47 Å². The van der Waals surface area contributed by atoms with Crippen LogP contribution in [0.4, 0.5) is 11.5 Å². The number of benzene rings is 1. The second kappa shape index (κ2) is 4.57. The Hall–Kier alpha value is -2.17. The number of rotatable bonds is 4. The van der Waals surface area contributed by atoms with Crippen molar-refractivity contribution >= 4 is 11.5 Å². The third kappa shape index (κ3) is 2.25. The Morgan fingerprint density at radius 1 is 1.12 bits per heavy atom. The van der Waals surface area contributed by atoms with E-state index >= 15 is 0 Å². The SMILES string of the molecule is COc1cc(Nc2ccn[nH]2)cc(OC)c1. The number of methoxy groups -OCH3 is 2. The second-order valence-corrected chi connectivity index (χ2v) is 3.20. The van der Waals surface area contributed by atoms with Gasteiger partial charge in [-0.1, -0.05) is 0 Å². The number of nitrogens with one attached hydrogen (secondary N) is 2. The molecule has 0 radical (unpaired) electrons. The first-order chi connectivity index (χ1) is 7.81. The van der Waals surface area contributed by atoms with Crippen LogP contribution in [0.3, 0.4) is 0 Å². The highest BCUT2D eigenvalue weighted by Crippen LogP contribution is 2.27. The van der Waals surface area contributed by atoms with Crippen molar-refractivity contribution in [1.82, 2.24) is 10.2 Å². The lowest BCUT2D eigenvalue weighted by Crippen LogP contribution is -1.93. The molecule has 2 rings (SSSR count). The Balaban J connectivity index is 2.26. The minimum atomic E-state index is 0.737. The lowest BCUT2D eigenvalue weighted by atomic mass is 10.2. The van der Waals surface area contributed by atoms with Crippen molar-refractivity contribution in [2.24, 2.45) is 0 Å². The minimum Gasteiger partial charge on any atom is -0.497 e. The molecule has 0 aliphatic rings. The highest BCUT2D eigenvalue weighted by molar-refractivity contribution is 5.60. The minimum absolute atomic E-state index is 0.737. The van der Waals surface area contributed by atoms with E-state index in [2.05, 4.69) is 15.5 Å². The van der Waals surface area contributed by atoms with Crippen molar-refractivity contribution in [3.63, 3.8) is 0 Å². The molecule has 2 aromatic rings. The zero-order chi connectivity index (χ0) is 11.4. The molecule has 5 heteroatoms. The van der Waals surface area contributed by atoms with Gasteiger partial charge in [0.1, 0.15) is 17.3 Å². The predicted molar refractivity (Wildman–Crippen MR) is 61.4 cm³/mol. The van der Waals surface area contributed by atoms with Crippen LogP contribution in [-0.4, -0.2) is 24.4 Å². The highest BCUT2D eigenvalue weighted by atomic mass is 16.5. The van der Waals surface area contributed by atoms with Gasteiger partial charge in [0, 0.05) is 30.0 Å². The van der Waals surface area contributed by atoms with Gasteiger partial charge in [-0.3, -0.25) is 5.10 Å². The highest BCUT2D eigenvalue weighted by Gasteiger charge is 2.02. The summed E-state index contributed by atoms with van der Waals surface area (Å²) in [6.07, 6.45) is 1.68. The summed E-state index contributed by atoms with van der Waals surface area (Å²) in [7, 11) is 3.24. The van der Waals surface area contributed by atoms with E-state index in [0.717, 1.165) is 23.0 Å². The summed E-state index contributed by atoms with van der Waals surface area (Å²) in [5.41, 5.74) is 0.875. The molecule has 0 spiro atoms. The Labute approximate surface area is 93.4 Å². The lowest BCUT2D eigenvalue weighted by Gasteiger charge is -2.09. The van der Waals surface area contributed by atoms with Gasteiger partial charge in [-0.15, -0.1) is 0 Å². The quantitative estimate of drug-likeness (QED) is 0.827. The topological polar surface area (TPSA) is 59.2 Å². The van der Waals surface area contributed by atoms with E-state index in [-0.39, 0.29) is 0 Å². The fourth-order valence-corrected chi connectivity index (χ4v) is 1.36. The van der Waals surface area contributed by atoms with Crippen LogP contribution in [0.1, 0.15) is 0 Å². The summed E-state index contributed by atoms with van der Waals surface area (Å²) in [6, 6.07) is 7.41. The van der Waals surface area contributed by atoms with Crippen LogP contribution in [0.2, 0.25) is 0 Å². The standard InChI is InChI=1S/C11H13N3O2/c1-15-9-5-8(6-10(7-9)16-2)13-11-3-4-12-14-11/h3-7H,1-2H3,(H2,12,13,14). The molecule has 0 bridgehead atoms. The van der Waals surface area contributed by atoms with Crippen LogP contribution in [-0.2, 0) is 0 Å². The number of aromatic amines is 1. The van der Waals surface area contributed by atoms with Gasteiger partial charge in [0.2, 0.25) is 0 Å². The molecular formula is C11H13N3O2. The van der Waals surface area contributed by atoms with Gasteiger partial charge >= 0.3 is 0 Å². The number of H-pyrrole nitrogens is 1. The van der Waals surface area contributed by atoms with E-state index in [1.54, 1.807) is 20.4 Å². The van der Waals surface area contributed by atoms with Gasteiger partial charge in [-0.05, 0) is 0 Å². The Morgan fingerprint density at radius 2 is 1.81 bits per heavy atom. The summed E-state index contributed by atoms with van der Waals surface area (Å²) in [5.74, 6) is 2.29. The fraction of sp³-hybridized carbons (Fsp3) is 0.182. The molecule has 0 aliphatic heterocycles. The van der Waals surface area contributed by atoms with Gasteiger partial charge in [-0.25, -0.2) is 0 Å². The normalized spacial score (nSPS) is 9.88. The van der Waals surface area contributed by atoms with E-state index in [0.29, 0.717) is 0 Å². The molecule has 0 amide bonds. The van der Waals surface area contributed by atoms with Crippen molar-refractivity contribution in [2.75, 3.05) is 19.5 Å². The monoisotopic (exact) mass is 219 g/mol. The Morgan fingerprint density at radius 3 is 2.31 bits per heavy atom. The maximum absolute atomic E-state index is 5.17. The van der Waals surface area contributed by atoms with E-state index < -0.39 is 0 Å². The van der Waals surface area contributed by atoms with E-state index in [4.69, 9.17) is 9.47 Å². The first kappa shape index (κ1) is 10.4. The first-order valence-corrected chi connectivity index (χ1v) is 4.81. The average molecular weight is 219 g/mol. The maximum atomic E-state index is 5.17. The summed E-state index contributed by atoms with van der Waals surface area (Å²) in [5, 5.41) is 9.83. The Kier molecular flexibility index (Phi) is 2.95. The lowest BCUT2D eigenvalue weighted by molar-refractivity contribution is 0.395. The number of hydrogen-bond donors (Lipinski definition) is 2. The molecular weight excluding hydrogens is 206 g/mol. The molecule has 1 heterocycles. The zero-order valence-electron chi connectivity index (χ0n) is 9.15. The van der Waals surface area contributed by atoms with Crippen LogP contribution in [0, 0.1) is 0 Å². The van der Waals surface area contributed by atoms with E-state index in [1.165, 1.54) is 0 Å². The first-order valence-electron chi connectivity index (χ1n) is 4.81. The molecule has 0 aliphatic carbocycles. The van der Waals surface area contributed by atoms with Crippen molar-refractivity contribution in [3.05, 3.63) is 30.5 Å². The molecule has 1 aromatic carbocycles. The van der Waals surface area contributed by atoms with Crippen molar-refractivity contribution in [1.29, 1.82) is 0 Å². The van der Waals surface area contributed by atoms with Crippen LogP contribution >= 0.6 is 0 Å². The summed E-state index contributed by atoms with van der Waals surface area (Å²) in [4.78, 5) is 0. The molecule has 5 nitrogen and oxygen atoms in total. The number of anilines is 2. The molecule has 16 heavy (non-hydrogen) atoms. The van der Waals surface area contributed by atoms with Gasteiger partial charge in [-0.2, -0.15) is 5.10 Å². The fourth-order valence-electron chi connectivity index (χ4n) is 1.36. The summed E-state index contributed by atoms with van der Waals surface area (Å²) >= 11 is 0. The molecule has 0 saturated heterocycles. The second-order valence-electron chi connectivity index (χ2n) is 3.20. The zero-order valence-corrected chi connectivity index (χ0v) is 9.15. The molecule has 0 saturated carbocycles. The summed E-state index contributed by atoms with van der Waals surface area (Å²) in [6.45, 7) is 0. The number of nitrogens with zero attached hydrogens (tertiary/aromatic N) is 1. The van der Waals surface area contributed by atoms with Crippen LogP contribution in [0.25, 0.3) is 0 Å². The van der Waals surface area contributed by atoms with Crippen LogP contribution in [0.15, 0.2) is 30.5 Å². The van der Waals surface area contributed by atoms with Crippen molar-refractivity contribution in [3.8, 4) is 11.5 Å². The average Bonchev–Trinajstić information content (AvgIpc) is 2.81. The molecule has 0 unspecified atom stereocenters. The third-order valence-electron chi connectivity index (χ3n) is 2.13. The summed E-state index contributed by atoms with van der Waals surface area (Å²) < 4.78 is 10.3. The molecule has 1 aromatic heterocycles. The smallest absolute Gasteiger partial charge is 0.125 e. The molecule has 2 N–H and O–H groups in total. The van der Waals surface area contributed by atoms with E-state index in [1.807, 2.05) is 24.3 Å². The molecule has 0 fully saturated rings. The van der Waals surface area contributed by atoms with Gasteiger partial charge < -0.3 is 14.8 Å².